The minimum absolute atomic E-state index is 0.0194. The van der Waals surface area contributed by atoms with E-state index in [9.17, 15) is 4.79 Å². The van der Waals surface area contributed by atoms with Crippen LogP contribution in [0.3, 0.4) is 0 Å². The molecule has 0 fully saturated rings. The molecule has 0 saturated carbocycles. The molecule has 1 amide bonds. The van der Waals surface area contributed by atoms with Gasteiger partial charge in [-0.05, 0) is 76.3 Å². The van der Waals surface area contributed by atoms with Crippen molar-refractivity contribution in [3.63, 3.8) is 0 Å². The molecule has 26 heavy (non-hydrogen) atoms. The van der Waals surface area contributed by atoms with Crippen LogP contribution < -0.4 is 4.90 Å². The monoisotopic (exact) mass is 367 g/mol. The van der Waals surface area contributed by atoms with Crippen molar-refractivity contribution in [2.45, 2.75) is 20.3 Å². The first-order chi connectivity index (χ1) is 12.5. The predicted octanol–water partition coefficient (Wildman–Crippen LogP) is 4.51. The van der Waals surface area contributed by atoms with Crippen molar-refractivity contribution in [1.29, 1.82) is 0 Å². The van der Waals surface area contributed by atoms with Crippen molar-refractivity contribution in [3.05, 3.63) is 59.2 Å². The SMILES string of the molecule is Cc1ccc(C(=O)N(CCCN(C)C)c2nc3ccccc3s2)cc1C. The van der Waals surface area contributed by atoms with Crippen molar-refractivity contribution < 1.29 is 4.79 Å². The van der Waals surface area contributed by atoms with Crippen LogP contribution in [0.5, 0.6) is 0 Å². The zero-order chi connectivity index (χ0) is 18.7. The smallest absolute Gasteiger partial charge is 0.260 e. The lowest BCUT2D eigenvalue weighted by atomic mass is 10.1. The van der Waals surface area contributed by atoms with Crippen LogP contribution in [0.15, 0.2) is 42.5 Å². The van der Waals surface area contributed by atoms with Crippen molar-refractivity contribution in [1.82, 2.24) is 9.88 Å². The Morgan fingerprint density at radius 3 is 2.50 bits per heavy atom. The van der Waals surface area contributed by atoms with Gasteiger partial charge in [0.1, 0.15) is 0 Å². The fourth-order valence-corrected chi connectivity index (χ4v) is 3.82. The Labute approximate surface area is 159 Å². The Balaban J connectivity index is 1.93. The normalized spacial score (nSPS) is 11.3. The van der Waals surface area contributed by atoms with Crippen LogP contribution in [0.4, 0.5) is 5.13 Å². The lowest BCUT2D eigenvalue weighted by molar-refractivity contribution is 0.0986. The number of fused-ring (bicyclic) bond motifs is 1. The standard InChI is InChI=1S/C21H25N3OS/c1-15-10-11-17(14-16(15)2)20(25)24(13-7-12-23(3)4)21-22-18-8-5-6-9-19(18)26-21/h5-6,8-11,14H,7,12-13H2,1-4H3. The number of amides is 1. The molecule has 1 heterocycles. The minimum Gasteiger partial charge on any atom is -0.309 e. The second-order valence-corrected chi connectivity index (χ2v) is 7.89. The minimum atomic E-state index is 0.0194. The molecule has 0 bridgehead atoms. The van der Waals surface area contributed by atoms with E-state index >= 15 is 0 Å². The Kier molecular flexibility index (Phi) is 5.69. The Bertz CT molecular complexity index is 884. The van der Waals surface area contributed by atoms with E-state index in [2.05, 4.69) is 17.9 Å². The Hall–Kier alpha value is -2.24. The van der Waals surface area contributed by atoms with Gasteiger partial charge >= 0.3 is 0 Å². The average molecular weight is 368 g/mol. The topological polar surface area (TPSA) is 36.4 Å². The van der Waals surface area contributed by atoms with Gasteiger partial charge in [-0.2, -0.15) is 0 Å². The van der Waals surface area contributed by atoms with Gasteiger partial charge in [0.15, 0.2) is 5.13 Å². The third-order valence-corrected chi connectivity index (χ3v) is 5.56. The summed E-state index contributed by atoms with van der Waals surface area (Å²) in [4.78, 5) is 21.9. The molecule has 1 aromatic heterocycles. The number of rotatable bonds is 6. The molecule has 0 aliphatic carbocycles. The highest BCUT2D eigenvalue weighted by Crippen LogP contribution is 2.30. The van der Waals surface area contributed by atoms with Gasteiger partial charge in [0, 0.05) is 12.1 Å². The zero-order valence-corrected chi connectivity index (χ0v) is 16.6. The predicted molar refractivity (Wildman–Crippen MR) is 110 cm³/mol. The molecule has 0 aliphatic rings. The van der Waals surface area contributed by atoms with Crippen LogP contribution >= 0.6 is 11.3 Å². The molecule has 0 N–H and O–H groups in total. The Morgan fingerprint density at radius 1 is 1.04 bits per heavy atom. The van der Waals surface area contributed by atoms with Crippen molar-refractivity contribution in [3.8, 4) is 0 Å². The third-order valence-electron chi connectivity index (χ3n) is 4.50. The summed E-state index contributed by atoms with van der Waals surface area (Å²) in [5.74, 6) is 0.0194. The number of para-hydroxylation sites is 1. The number of anilines is 1. The third kappa shape index (κ3) is 4.11. The fraction of sp³-hybridized carbons (Fsp3) is 0.333. The summed E-state index contributed by atoms with van der Waals surface area (Å²) in [5.41, 5.74) is 3.99. The first-order valence-corrected chi connectivity index (χ1v) is 9.67. The quantitative estimate of drug-likeness (QED) is 0.643. The molecule has 0 spiro atoms. The molecule has 136 valence electrons. The molecular formula is C21H25N3OS. The van der Waals surface area contributed by atoms with Crippen LogP contribution in [-0.4, -0.2) is 43.0 Å². The molecule has 5 heteroatoms. The molecule has 3 rings (SSSR count). The molecule has 4 nitrogen and oxygen atoms in total. The summed E-state index contributed by atoms with van der Waals surface area (Å²) in [6, 6.07) is 13.9. The molecule has 0 radical (unpaired) electrons. The number of nitrogens with zero attached hydrogens (tertiary/aromatic N) is 3. The summed E-state index contributed by atoms with van der Waals surface area (Å²) in [6.45, 7) is 5.69. The summed E-state index contributed by atoms with van der Waals surface area (Å²) < 4.78 is 1.10. The van der Waals surface area contributed by atoms with Gasteiger partial charge in [-0.1, -0.05) is 29.5 Å². The van der Waals surface area contributed by atoms with E-state index in [4.69, 9.17) is 4.98 Å². The van der Waals surface area contributed by atoms with Gasteiger partial charge in [0.2, 0.25) is 0 Å². The van der Waals surface area contributed by atoms with E-state index in [0.717, 1.165) is 39.4 Å². The van der Waals surface area contributed by atoms with Gasteiger partial charge in [-0.25, -0.2) is 4.98 Å². The Morgan fingerprint density at radius 2 is 1.81 bits per heavy atom. The molecule has 0 unspecified atom stereocenters. The second kappa shape index (κ2) is 7.98. The number of hydrogen-bond donors (Lipinski definition) is 0. The maximum Gasteiger partial charge on any atom is 0.260 e. The highest BCUT2D eigenvalue weighted by molar-refractivity contribution is 7.22. The van der Waals surface area contributed by atoms with Crippen LogP contribution in [0, 0.1) is 13.8 Å². The molecule has 3 aromatic rings. The number of thiazole rings is 1. The average Bonchev–Trinajstić information content (AvgIpc) is 3.04. The summed E-state index contributed by atoms with van der Waals surface area (Å²) in [7, 11) is 4.10. The number of carbonyl (C=O) groups is 1. The first kappa shape index (κ1) is 18.5. The molecule has 0 saturated heterocycles. The molecule has 0 atom stereocenters. The van der Waals surface area contributed by atoms with E-state index in [0.29, 0.717) is 6.54 Å². The van der Waals surface area contributed by atoms with E-state index < -0.39 is 0 Å². The largest absolute Gasteiger partial charge is 0.309 e. The van der Waals surface area contributed by atoms with Crippen molar-refractivity contribution in [2.24, 2.45) is 0 Å². The van der Waals surface area contributed by atoms with Gasteiger partial charge in [-0.3, -0.25) is 9.69 Å². The van der Waals surface area contributed by atoms with Crippen LogP contribution in [-0.2, 0) is 0 Å². The number of aromatic nitrogens is 1. The van der Waals surface area contributed by atoms with Crippen molar-refractivity contribution in [2.75, 3.05) is 32.1 Å². The molecular weight excluding hydrogens is 342 g/mol. The van der Waals surface area contributed by atoms with Crippen molar-refractivity contribution >= 4 is 32.6 Å². The maximum absolute atomic E-state index is 13.2. The van der Waals surface area contributed by atoms with E-state index in [1.54, 1.807) is 11.3 Å². The highest BCUT2D eigenvalue weighted by atomic mass is 32.1. The number of benzene rings is 2. The zero-order valence-electron chi connectivity index (χ0n) is 15.8. The van der Waals surface area contributed by atoms with Crippen LogP contribution in [0.1, 0.15) is 27.9 Å². The van der Waals surface area contributed by atoms with E-state index in [1.807, 2.05) is 62.3 Å². The van der Waals surface area contributed by atoms with Crippen LogP contribution in [0.25, 0.3) is 10.2 Å². The maximum atomic E-state index is 13.2. The fourth-order valence-electron chi connectivity index (χ4n) is 2.83. The van der Waals surface area contributed by atoms with Gasteiger partial charge in [0.25, 0.3) is 5.91 Å². The molecule has 2 aromatic carbocycles. The lowest BCUT2D eigenvalue weighted by Gasteiger charge is -2.21. The van der Waals surface area contributed by atoms with E-state index in [1.165, 1.54) is 5.56 Å². The second-order valence-electron chi connectivity index (χ2n) is 6.88. The summed E-state index contributed by atoms with van der Waals surface area (Å²) >= 11 is 1.57. The number of hydrogen-bond acceptors (Lipinski definition) is 4. The first-order valence-electron chi connectivity index (χ1n) is 8.85. The highest BCUT2D eigenvalue weighted by Gasteiger charge is 2.21. The van der Waals surface area contributed by atoms with Gasteiger partial charge in [0.05, 0.1) is 10.2 Å². The van der Waals surface area contributed by atoms with Gasteiger partial charge in [-0.15, -0.1) is 0 Å². The summed E-state index contributed by atoms with van der Waals surface area (Å²) in [6.07, 6.45) is 0.902. The lowest BCUT2D eigenvalue weighted by Crippen LogP contribution is -2.33. The molecule has 0 aliphatic heterocycles. The number of carbonyl (C=O) groups excluding carboxylic acids is 1. The van der Waals surface area contributed by atoms with Gasteiger partial charge < -0.3 is 4.90 Å². The summed E-state index contributed by atoms with van der Waals surface area (Å²) in [5, 5.41) is 0.771. The number of aryl methyl sites for hydroxylation is 2. The van der Waals surface area contributed by atoms with Crippen LogP contribution in [0.2, 0.25) is 0 Å². The van der Waals surface area contributed by atoms with E-state index in [-0.39, 0.29) is 5.91 Å².